The number of hydrogen-bond acceptors (Lipinski definition) is 5. The summed E-state index contributed by atoms with van der Waals surface area (Å²) in [6, 6.07) is 8.53. The largest absolute Gasteiger partial charge is 0.480 e. The van der Waals surface area contributed by atoms with E-state index in [0.717, 1.165) is 5.56 Å². The number of carbonyl (C=O) groups excluding carboxylic acids is 1. The van der Waals surface area contributed by atoms with E-state index in [0.29, 0.717) is 23.6 Å². The summed E-state index contributed by atoms with van der Waals surface area (Å²) >= 11 is 5.27. The molecule has 1 aromatic carbocycles. The van der Waals surface area contributed by atoms with Gasteiger partial charge in [-0.05, 0) is 45.8 Å². The number of nitrogens with zero attached hydrogens (tertiary/aromatic N) is 2. The molecular formula is C18H24N4O4S. The number of aromatic nitrogens is 3. The van der Waals surface area contributed by atoms with Gasteiger partial charge in [0.05, 0.1) is 0 Å². The fraction of sp³-hybridized carbons (Fsp3) is 0.444. The Morgan fingerprint density at radius 3 is 2.59 bits per heavy atom. The van der Waals surface area contributed by atoms with Gasteiger partial charge in [0.2, 0.25) is 0 Å². The van der Waals surface area contributed by atoms with Crippen LogP contribution in [0.3, 0.4) is 0 Å². The zero-order valence-electron chi connectivity index (χ0n) is 15.6. The molecule has 1 atom stereocenters. The van der Waals surface area contributed by atoms with E-state index in [9.17, 15) is 14.7 Å². The molecule has 1 amide bonds. The summed E-state index contributed by atoms with van der Waals surface area (Å²) in [5, 5.41) is 18.8. The van der Waals surface area contributed by atoms with Gasteiger partial charge in [-0.2, -0.15) is 5.10 Å². The normalized spacial score (nSPS) is 12.4. The molecule has 3 N–H and O–H groups in total. The zero-order valence-corrected chi connectivity index (χ0v) is 16.4. The van der Waals surface area contributed by atoms with Crippen LogP contribution in [0.25, 0.3) is 11.4 Å². The highest BCUT2D eigenvalue weighted by molar-refractivity contribution is 7.71. The molecule has 0 saturated carbocycles. The molecule has 0 aliphatic carbocycles. The quantitative estimate of drug-likeness (QED) is 0.623. The van der Waals surface area contributed by atoms with E-state index in [2.05, 4.69) is 15.5 Å². The number of ether oxygens (including phenoxy) is 1. The predicted octanol–water partition coefficient (Wildman–Crippen LogP) is 3.37. The van der Waals surface area contributed by atoms with E-state index in [4.69, 9.17) is 17.0 Å². The van der Waals surface area contributed by atoms with Crippen molar-refractivity contribution in [2.75, 3.05) is 0 Å². The van der Waals surface area contributed by atoms with Crippen LogP contribution in [0.2, 0.25) is 0 Å². The van der Waals surface area contributed by atoms with Crippen LogP contribution in [0.4, 0.5) is 4.79 Å². The number of amides is 1. The van der Waals surface area contributed by atoms with Gasteiger partial charge in [0.1, 0.15) is 11.6 Å². The Hall–Kier alpha value is -2.68. The van der Waals surface area contributed by atoms with Crippen molar-refractivity contribution in [3.63, 3.8) is 0 Å². The fourth-order valence-corrected chi connectivity index (χ4v) is 2.72. The third-order valence-electron chi connectivity index (χ3n) is 3.65. The number of rotatable bonds is 7. The van der Waals surface area contributed by atoms with Crippen LogP contribution < -0.4 is 5.32 Å². The Morgan fingerprint density at radius 2 is 2.00 bits per heavy atom. The third kappa shape index (κ3) is 6.21. The van der Waals surface area contributed by atoms with Crippen molar-refractivity contribution < 1.29 is 19.4 Å². The summed E-state index contributed by atoms with van der Waals surface area (Å²) in [6.07, 6.45) is -0.0317. The molecule has 0 radical (unpaired) electrons. The van der Waals surface area contributed by atoms with Gasteiger partial charge in [0.25, 0.3) is 0 Å². The van der Waals surface area contributed by atoms with Crippen molar-refractivity contribution in [2.24, 2.45) is 0 Å². The number of benzene rings is 1. The van der Waals surface area contributed by atoms with Crippen LogP contribution in [0.1, 0.15) is 33.6 Å². The minimum Gasteiger partial charge on any atom is -0.480 e. The van der Waals surface area contributed by atoms with Crippen LogP contribution in [0.15, 0.2) is 30.3 Å². The van der Waals surface area contributed by atoms with Crippen molar-refractivity contribution in [1.29, 1.82) is 0 Å². The maximum absolute atomic E-state index is 11.8. The van der Waals surface area contributed by atoms with Crippen LogP contribution in [0.5, 0.6) is 0 Å². The molecule has 8 nitrogen and oxygen atoms in total. The average molecular weight is 392 g/mol. The van der Waals surface area contributed by atoms with E-state index >= 15 is 0 Å². The van der Waals surface area contributed by atoms with E-state index in [1.54, 1.807) is 20.8 Å². The second-order valence-electron chi connectivity index (χ2n) is 7.05. The fourth-order valence-electron chi connectivity index (χ4n) is 2.49. The Balaban J connectivity index is 2.00. The molecule has 0 bridgehead atoms. The smallest absolute Gasteiger partial charge is 0.408 e. The number of hydrogen-bond donors (Lipinski definition) is 3. The molecule has 0 aliphatic rings. The van der Waals surface area contributed by atoms with Crippen molar-refractivity contribution >= 4 is 24.3 Å². The summed E-state index contributed by atoms with van der Waals surface area (Å²) < 4.78 is 7.39. The highest BCUT2D eigenvalue weighted by Crippen LogP contribution is 2.17. The lowest BCUT2D eigenvalue weighted by molar-refractivity contribution is -0.139. The second-order valence-corrected chi connectivity index (χ2v) is 7.44. The van der Waals surface area contributed by atoms with Gasteiger partial charge in [0, 0.05) is 12.1 Å². The summed E-state index contributed by atoms with van der Waals surface area (Å²) in [5.74, 6) is -0.424. The van der Waals surface area contributed by atoms with Gasteiger partial charge < -0.3 is 19.7 Å². The van der Waals surface area contributed by atoms with Gasteiger partial charge >= 0.3 is 12.1 Å². The Kier molecular flexibility index (Phi) is 6.73. The number of carboxylic acid groups (broad SMARTS) is 1. The molecular weight excluding hydrogens is 368 g/mol. The molecule has 27 heavy (non-hydrogen) atoms. The van der Waals surface area contributed by atoms with Crippen molar-refractivity contribution in [3.05, 3.63) is 35.1 Å². The highest BCUT2D eigenvalue weighted by Gasteiger charge is 2.23. The number of carbonyl (C=O) groups is 2. The van der Waals surface area contributed by atoms with Gasteiger partial charge in [-0.1, -0.05) is 30.3 Å². The first kappa shape index (κ1) is 20.6. The predicted molar refractivity (Wildman–Crippen MR) is 103 cm³/mol. The molecule has 0 unspecified atom stereocenters. The maximum Gasteiger partial charge on any atom is 0.408 e. The number of aromatic amines is 1. The number of H-pyrrole nitrogens is 1. The third-order valence-corrected chi connectivity index (χ3v) is 3.97. The molecule has 2 rings (SSSR count). The van der Waals surface area contributed by atoms with Crippen molar-refractivity contribution in [3.8, 4) is 11.4 Å². The maximum atomic E-state index is 11.8. The first-order valence-corrected chi connectivity index (χ1v) is 9.01. The van der Waals surface area contributed by atoms with E-state index in [-0.39, 0.29) is 6.42 Å². The number of alkyl carbamates (subject to hydrolysis) is 1. The lowest BCUT2D eigenvalue weighted by Crippen LogP contribution is -2.43. The molecule has 146 valence electrons. The number of aliphatic carboxylic acids is 1. The van der Waals surface area contributed by atoms with Crippen molar-refractivity contribution in [1.82, 2.24) is 20.1 Å². The minimum absolute atomic E-state index is 0.232. The first-order chi connectivity index (χ1) is 12.7. The summed E-state index contributed by atoms with van der Waals surface area (Å²) in [6.45, 7) is 5.62. The van der Waals surface area contributed by atoms with Gasteiger partial charge in [-0.15, -0.1) is 0 Å². The van der Waals surface area contributed by atoms with Crippen LogP contribution >= 0.6 is 12.2 Å². The summed E-state index contributed by atoms with van der Waals surface area (Å²) in [7, 11) is 0. The zero-order chi connectivity index (χ0) is 20.0. The van der Waals surface area contributed by atoms with Crippen LogP contribution in [0, 0.1) is 4.77 Å². The Bertz CT molecular complexity index is 839. The lowest BCUT2D eigenvalue weighted by Gasteiger charge is -2.22. The monoisotopic (exact) mass is 392 g/mol. The van der Waals surface area contributed by atoms with Gasteiger partial charge in [-0.25, -0.2) is 9.59 Å². The van der Waals surface area contributed by atoms with Gasteiger partial charge in [-0.3, -0.25) is 5.10 Å². The second kappa shape index (κ2) is 8.81. The average Bonchev–Trinajstić information content (AvgIpc) is 2.94. The molecule has 9 heteroatoms. The standard InChI is InChI=1S/C18H24N4O4S/c1-18(2,3)26-17(25)19-13(15(23)24)10-7-11-22-14(20-21-16(22)27)12-8-5-4-6-9-12/h4-6,8-9,13H,7,10-11H2,1-3H3,(H,19,25)(H,21,27)(H,23,24)/t13-/m0/s1. The molecule has 1 aromatic heterocycles. The molecule has 2 aromatic rings. The molecule has 1 heterocycles. The van der Waals surface area contributed by atoms with Crippen LogP contribution in [-0.2, 0) is 16.1 Å². The van der Waals surface area contributed by atoms with Crippen LogP contribution in [-0.4, -0.2) is 43.6 Å². The minimum atomic E-state index is -1.11. The molecule has 0 spiro atoms. The van der Waals surface area contributed by atoms with E-state index in [1.807, 2.05) is 34.9 Å². The lowest BCUT2D eigenvalue weighted by atomic mass is 10.1. The Labute approximate surface area is 162 Å². The SMILES string of the molecule is CC(C)(C)OC(=O)N[C@@H](CCCn1c(-c2ccccc2)n[nH]c1=S)C(=O)O. The van der Waals surface area contributed by atoms with E-state index in [1.165, 1.54) is 0 Å². The topological polar surface area (TPSA) is 109 Å². The molecule has 0 saturated heterocycles. The molecule has 0 aliphatic heterocycles. The molecule has 0 fully saturated rings. The summed E-state index contributed by atoms with van der Waals surface area (Å²) in [5.41, 5.74) is 0.216. The highest BCUT2D eigenvalue weighted by atomic mass is 32.1. The summed E-state index contributed by atoms with van der Waals surface area (Å²) in [4.78, 5) is 23.3. The van der Waals surface area contributed by atoms with E-state index < -0.39 is 23.7 Å². The van der Waals surface area contributed by atoms with Gasteiger partial charge in [0.15, 0.2) is 10.6 Å². The first-order valence-electron chi connectivity index (χ1n) is 8.60. The number of nitrogens with one attached hydrogen (secondary N) is 2. The Morgan fingerprint density at radius 1 is 1.33 bits per heavy atom. The van der Waals surface area contributed by atoms with Crippen molar-refractivity contribution in [2.45, 2.75) is 51.8 Å². The number of carboxylic acids is 1.